The minimum atomic E-state index is -4.79. The van der Waals surface area contributed by atoms with Crippen LogP contribution in [-0.2, 0) is 15.7 Å². The molecule has 0 spiro atoms. The zero-order valence-corrected chi connectivity index (χ0v) is 13.7. The van der Waals surface area contributed by atoms with Crippen LogP contribution < -0.4 is 0 Å². The maximum absolute atomic E-state index is 13.2. The van der Waals surface area contributed by atoms with Crippen LogP contribution in [0.25, 0.3) is 6.08 Å². The van der Waals surface area contributed by atoms with Crippen LogP contribution in [0, 0.1) is 5.82 Å². The van der Waals surface area contributed by atoms with Crippen LogP contribution in [0.1, 0.15) is 22.7 Å². The zero-order valence-electron chi connectivity index (χ0n) is 13.7. The minimum absolute atomic E-state index is 0.0488. The Morgan fingerprint density at radius 2 is 1.85 bits per heavy atom. The number of carbonyl (C=O) groups excluding carboxylic acids is 2. The molecular formula is C19H13F4NO3. The second kappa shape index (κ2) is 7.22. The van der Waals surface area contributed by atoms with Crippen molar-refractivity contribution in [2.24, 2.45) is 0 Å². The van der Waals surface area contributed by atoms with E-state index in [0.717, 1.165) is 29.2 Å². The molecule has 140 valence electrons. The topological polar surface area (TPSA) is 46.6 Å². The van der Waals surface area contributed by atoms with Crippen molar-refractivity contribution < 1.29 is 31.9 Å². The standard InChI is InChI=1S/C19H13F4NO3/c20-14-8-6-12(15(10-14)19(21,22)23)7-9-17(25)24-16(11-27-18(24)26)13-4-2-1-3-5-13/h1-10,16H,11H2. The molecule has 1 fully saturated rings. The summed E-state index contributed by atoms with van der Waals surface area (Å²) in [5.41, 5.74) is -0.945. The van der Waals surface area contributed by atoms with Crippen LogP contribution in [0.3, 0.4) is 0 Å². The van der Waals surface area contributed by atoms with Crippen LogP contribution in [-0.4, -0.2) is 23.5 Å². The summed E-state index contributed by atoms with van der Waals surface area (Å²) in [5.74, 6) is -1.87. The lowest BCUT2D eigenvalue weighted by molar-refractivity contribution is -0.138. The van der Waals surface area contributed by atoms with Crippen molar-refractivity contribution in [2.75, 3.05) is 6.61 Å². The first-order chi connectivity index (χ1) is 12.8. The van der Waals surface area contributed by atoms with E-state index in [2.05, 4.69) is 0 Å². The Balaban J connectivity index is 1.87. The van der Waals surface area contributed by atoms with Gasteiger partial charge >= 0.3 is 12.3 Å². The highest BCUT2D eigenvalue weighted by atomic mass is 19.4. The van der Waals surface area contributed by atoms with E-state index in [1.165, 1.54) is 0 Å². The molecular weight excluding hydrogens is 366 g/mol. The lowest BCUT2D eigenvalue weighted by Crippen LogP contribution is -2.32. The first kappa shape index (κ1) is 18.6. The van der Waals surface area contributed by atoms with Gasteiger partial charge in [0.25, 0.3) is 5.91 Å². The first-order valence-electron chi connectivity index (χ1n) is 7.87. The SMILES string of the molecule is O=C(C=Cc1ccc(F)cc1C(F)(F)F)N1C(=O)OCC1c1ccccc1. The Morgan fingerprint density at radius 1 is 1.15 bits per heavy atom. The fourth-order valence-electron chi connectivity index (χ4n) is 2.75. The number of ether oxygens (including phenoxy) is 1. The summed E-state index contributed by atoms with van der Waals surface area (Å²) in [7, 11) is 0. The van der Waals surface area contributed by atoms with Gasteiger partial charge in [-0.05, 0) is 29.3 Å². The van der Waals surface area contributed by atoms with Crippen LogP contribution in [0.5, 0.6) is 0 Å². The highest BCUT2D eigenvalue weighted by molar-refractivity contribution is 6.02. The third kappa shape index (κ3) is 3.99. The molecule has 0 radical (unpaired) electrons. The Morgan fingerprint density at radius 3 is 2.52 bits per heavy atom. The molecule has 0 N–H and O–H groups in total. The summed E-state index contributed by atoms with van der Waals surface area (Å²) in [6, 6.07) is 10.1. The molecule has 1 saturated heterocycles. The van der Waals surface area contributed by atoms with E-state index in [1.54, 1.807) is 30.3 Å². The summed E-state index contributed by atoms with van der Waals surface area (Å²) in [6.45, 7) is -0.0488. The maximum Gasteiger partial charge on any atom is 0.417 e. The summed E-state index contributed by atoms with van der Waals surface area (Å²) < 4.78 is 57.1. The summed E-state index contributed by atoms with van der Waals surface area (Å²) in [6.07, 6.45) is -3.93. The quantitative estimate of drug-likeness (QED) is 0.579. The predicted molar refractivity (Wildman–Crippen MR) is 87.8 cm³/mol. The molecule has 0 saturated carbocycles. The van der Waals surface area contributed by atoms with Crippen LogP contribution in [0.4, 0.5) is 22.4 Å². The Hall–Kier alpha value is -3.16. The number of hydrogen-bond acceptors (Lipinski definition) is 3. The molecule has 1 heterocycles. The number of carbonyl (C=O) groups is 2. The molecule has 27 heavy (non-hydrogen) atoms. The monoisotopic (exact) mass is 379 g/mol. The fourth-order valence-corrected chi connectivity index (χ4v) is 2.75. The molecule has 4 nitrogen and oxygen atoms in total. The van der Waals surface area contributed by atoms with Crippen molar-refractivity contribution in [1.29, 1.82) is 0 Å². The molecule has 0 bridgehead atoms. The lowest BCUT2D eigenvalue weighted by atomic mass is 10.1. The molecule has 2 amide bonds. The van der Waals surface area contributed by atoms with E-state index in [9.17, 15) is 27.2 Å². The normalized spacial score (nSPS) is 17.4. The number of nitrogens with zero attached hydrogens (tertiary/aromatic N) is 1. The van der Waals surface area contributed by atoms with Crippen LogP contribution in [0.15, 0.2) is 54.6 Å². The number of alkyl halides is 3. The van der Waals surface area contributed by atoms with E-state index >= 15 is 0 Å². The molecule has 1 atom stereocenters. The molecule has 1 unspecified atom stereocenters. The van der Waals surface area contributed by atoms with Crippen molar-refractivity contribution in [1.82, 2.24) is 4.90 Å². The van der Waals surface area contributed by atoms with Gasteiger partial charge in [0.2, 0.25) is 0 Å². The average Bonchev–Trinajstić information content (AvgIpc) is 3.02. The van der Waals surface area contributed by atoms with Crippen molar-refractivity contribution in [3.05, 3.63) is 77.1 Å². The van der Waals surface area contributed by atoms with Gasteiger partial charge in [0.1, 0.15) is 18.5 Å². The van der Waals surface area contributed by atoms with Gasteiger partial charge < -0.3 is 4.74 Å². The van der Waals surface area contributed by atoms with Crippen molar-refractivity contribution in [3.8, 4) is 0 Å². The largest absolute Gasteiger partial charge is 0.446 e. The molecule has 1 aliphatic heterocycles. The molecule has 1 aliphatic rings. The maximum atomic E-state index is 13.2. The van der Waals surface area contributed by atoms with Crippen LogP contribution in [0.2, 0.25) is 0 Å². The average molecular weight is 379 g/mol. The number of halogens is 4. The van der Waals surface area contributed by atoms with Gasteiger partial charge in [-0.3, -0.25) is 4.79 Å². The Kier molecular flexibility index (Phi) is 4.98. The van der Waals surface area contributed by atoms with Gasteiger partial charge in [-0.2, -0.15) is 13.2 Å². The number of amides is 2. The Labute approximate surface area is 151 Å². The van der Waals surface area contributed by atoms with Gasteiger partial charge in [-0.1, -0.05) is 36.4 Å². The second-order valence-corrected chi connectivity index (χ2v) is 5.77. The number of rotatable bonds is 3. The third-order valence-electron chi connectivity index (χ3n) is 4.02. The highest BCUT2D eigenvalue weighted by Gasteiger charge is 2.38. The van der Waals surface area contributed by atoms with Gasteiger partial charge in [0.05, 0.1) is 5.56 Å². The molecule has 2 aromatic rings. The first-order valence-corrected chi connectivity index (χ1v) is 7.87. The molecule has 3 rings (SSSR count). The molecule has 2 aromatic carbocycles. The second-order valence-electron chi connectivity index (χ2n) is 5.77. The number of hydrogen-bond donors (Lipinski definition) is 0. The number of imide groups is 1. The van der Waals surface area contributed by atoms with E-state index in [4.69, 9.17) is 4.74 Å². The van der Waals surface area contributed by atoms with Gasteiger partial charge in [-0.15, -0.1) is 0 Å². The number of benzene rings is 2. The Bertz CT molecular complexity index is 894. The van der Waals surface area contributed by atoms with Crippen molar-refractivity contribution >= 4 is 18.1 Å². The van der Waals surface area contributed by atoms with Crippen LogP contribution >= 0.6 is 0 Å². The fraction of sp³-hybridized carbons (Fsp3) is 0.158. The molecule has 0 aliphatic carbocycles. The van der Waals surface area contributed by atoms with Gasteiger partial charge in [0, 0.05) is 6.08 Å². The number of cyclic esters (lactones) is 1. The van der Waals surface area contributed by atoms with E-state index in [-0.39, 0.29) is 12.2 Å². The summed E-state index contributed by atoms with van der Waals surface area (Å²) >= 11 is 0. The lowest BCUT2D eigenvalue weighted by Gasteiger charge is -2.18. The zero-order chi connectivity index (χ0) is 19.6. The third-order valence-corrected chi connectivity index (χ3v) is 4.02. The highest BCUT2D eigenvalue weighted by Crippen LogP contribution is 2.33. The smallest absolute Gasteiger partial charge is 0.417 e. The summed E-state index contributed by atoms with van der Waals surface area (Å²) in [5, 5.41) is 0. The predicted octanol–water partition coefficient (Wildman–Crippen LogP) is 4.58. The molecule has 8 heteroatoms. The van der Waals surface area contributed by atoms with Gasteiger partial charge in [0.15, 0.2) is 0 Å². The van der Waals surface area contributed by atoms with E-state index < -0.39 is 35.6 Å². The minimum Gasteiger partial charge on any atom is -0.446 e. The van der Waals surface area contributed by atoms with Crippen molar-refractivity contribution in [2.45, 2.75) is 12.2 Å². The van der Waals surface area contributed by atoms with Crippen molar-refractivity contribution in [3.63, 3.8) is 0 Å². The summed E-state index contributed by atoms with van der Waals surface area (Å²) in [4.78, 5) is 25.2. The van der Waals surface area contributed by atoms with Gasteiger partial charge in [-0.25, -0.2) is 14.1 Å². The van der Waals surface area contributed by atoms with E-state index in [0.29, 0.717) is 11.6 Å². The van der Waals surface area contributed by atoms with E-state index in [1.807, 2.05) is 0 Å². The molecule has 0 aromatic heterocycles.